The molecule has 120 valence electrons. The fourth-order valence-electron chi connectivity index (χ4n) is 2.12. The molecule has 0 heterocycles. The number of hydrogen-bond donors (Lipinski definition) is 2. The molecule has 0 saturated heterocycles. The highest BCUT2D eigenvalue weighted by Crippen LogP contribution is 2.14. The predicted octanol–water partition coefficient (Wildman–Crippen LogP) is 2.62. The number of nitrogens with one attached hydrogen (secondary N) is 2. The predicted molar refractivity (Wildman–Crippen MR) is 91.2 cm³/mol. The van der Waals surface area contributed by atoms with Crippen molar-refractivity contribution in [3.8, 4) is 0 Å². The van der Waals surface area contributed by atoms with Crippen molar-refractivity contribution in [1.82, 2.24) is 10.6 Å². The molecule has 2 aromatic rings. The van der Waals surface area contributed by atoms with Crippen molar-refractivity contribution in [2.24, 2.45) is 0 Å². The zero-order valence-electron chi connectivity index (χ0n) is 12.9. The van der Waals surface area contributed by atoms with Gasteiger partial charge in [-0.15, -0.1) is 0 Å². The SMILES string of the molecule is Cc1ccccc1CC(=O)NCC(=O)NCc1ccccc1Cl. The maximum Gasteiger partial charge on any atom is 0.239 e. The Kier molecular flexibility index (Phi) is 6.18. The third-order valence-electron chi connectivity index (χ3n) is 3.49. The Morgan fingerprint density at radius 2 is 1.57 bits per heavy atom. The normalized spacial score (nSPS) is 10.2. The molecule has 0 spiro atoms. The molecule has 23 heavy (non-hydrogen) atoms. The minimum atomic E-state index is -0.247. The van der Waals surface area contributed by atoms with Gasteiger partial charge >= 0.3 is 0 Å². The van der Waals surface area contributed by atoms with Crippen LogP contribution in [0.4, 0.5) is 0 Å². The van der Waals surface area contributed by atoms with E-state index >= 15 is 0 Å². The summed E-state index contributed by atoms with van der Waals surface area (Å²) in [6, 6.07) is 15.0. The van der Waals surface area contributed by atoms with E-state index in [0.717, 1.165) is 16.7 Å². The van der Waals surface area contributed by atoms with Gasteiger partial charge in [0.25, 0.3) is 0 Å². The first-order valence-corrected chi connectivity index (χ1v) is 7.75. The summed E-state index contributed by atoms with van der Waals surface area (Å²) in [7, 11) is 0. The molecule has 2 N–H and O–H groups in total. The molecule has 0 bridgehead atoms. The minimum Gasteiger partial charge on any atom is -0.350 e. The summed E-state index contributed by atoms with van der Waals surface area (Å²) >= 11 is 6.02. The number of amides is 2. The molecule has 0 unspecified atom stereocenters. The third kappa shape index (κ3) is 5.42. The molecule has 0 fully saturated rings. The van der Waals surface area contributed by atoms with E-state index in [0.29, 0.717) is 11.6 Å². The van der Waals surface area contributed by atoms with E-state index in [1.807, 2.05) is 49.4 Å². The zero-order valence-corrected chi connectivity index (χ0v) is 13.7. The lowest BCUT2D eigenvalue weighted by molar-refractivity contribution is -0.125. The lowest BCUT2D eigenvalue weighted by Gasteiger charge is -2.09. The standard InChI is InChI=1S/C18H19ClN2O2/c1-13-6-2-3-7-14(13)10-17(22)21-12-18(23)20-11-15-8-4-5-9-16(15)19/h2-9H,10-12H2,1H3,(H,20,23)(H,21,22). The van der Waals surface area contributed by atoms with Crippen LogP contribution in [-0.2, 0) is 22.6 Å². The molecule has 0 aliphatic carbocycles. The number of hydrogen-bond acceptors (Lipinski definition) is 2. The second-order valence-electron chi connectivity index (χ2n) is 5.25. The van der Waals surface area contributed by atoms with Gasteiger partial charge < -0.3 is 10.6 Å². The number of carbonyl (C=O) groups excluding carboxylic acids is 2. The van der Waals surface area contributed by atoms with E-state index in [1.165, 1.54) is 0 Å². The molecule has 0 radical (unpaired) electrons. The van der Waals surface area contributed by atoms with E-state index in [2.05, 4.69) is 10.6 Å². The molecule has 0 aromatic heterocycles. The van der Waals surface area contributed by atoms with Crippen LogP contribution in [0.25, 0.3) is 0 Å². The fraction of sp³-hybridized carbons (Fsp3) is 0.222. The van der Waals surface area contributed by atoms with Crippen molar-refractivity contribution in [2.75, 3.05) is 6.54 Å². The highest BCUT2D eigenvalue weighted by molar-refractivity contribution is 6.31. The number of halogens is 1. The number of benzene rings is 2. The van der Waals surface area contributed by atoms with Gasteiger partial charge in [-0.1, -0.05) is 54.1 Å². The van der Waals surface area contributed by atoms with Crippen molar-refractivity contribution in [1.29, 1.82) is 0 Å². The van der Waals surface area contributed by atoms with Gasteiger partial charge in [-0.2, -0.15) is 0 Å². The monoisotopic (exact) mass is 330 g/mol. The number of carbonyl (C=O) groups is 2. The van der Waals surface area contributed by atoms with E-state index in [9.17, 15) is 9.59 Å². The maximum atomic E-state index is 11.9. The minimum absolute atomic E-state index is 0.0465. The first-order chi connectivity index (χ1) is 11.1. The molecule has 0 aliphatic heterocycles. The van der Waals surface area contributed by atoms with Crippen molar-refractivity contribution in [3.63, 3.8) is 0 Å². The largest absolute Gasteiger partial charge is 0.350 e. The van der Waals surface area contributed by atoms with Crippen molar-refractivity contribution < 1.29 is 9.59 Å². The van der Waals surface area contributed by atoms with Crippen LogP contribution in [0.3, 0.4) is 0 Å². The Balaban J connectivity index is 1.75. The molecule has 0 saturated carbocycles. The molecule has 2 rings (SSSR count). The average molecular weight is 331 g/mol. The van der Waals surface area contributed by atoms with Crippen LogP contribution in [0.5, 0.6) is 0 Å². The Bertz CT molecular complexity index is 701. The molecule has 5 heteroatoms. The van der Waals surface area contributed by atoms with Gasteiger partial charge in [-0.25, -0.2) is 0 Å². The van der Waals surface area contributed by atoms with Gasteiger partial charge in [0.15, 0.2) is 0 Å². The third-order valence-corrected chi connectivity index (χ3v) is 3.86. The van der Waals surface area contributed by atoms with Crippen LogP contribution in [0.2, 0.25) is 5.02 Å². The Labute approximate surface area is 140 Å². The van der Waals surface area contributed by atoms with E-state index in [-0.39, 0.29) is 24.8 Å². The lowest BCUT2D eigenvalue weighted by Crippen LogP contribution is -2.37. The number of aryl methyl sites for hydroxylation is 1. The van der Waals surface area contributed by atoms with Crippen LogP contribution < -0.4 is 10.6 Å². The van der Waals surface area contributed by atoms with Gasteiger partial charge in [-0.05, 0) is 29.7 Å². The number of rotatable bonds is 6. The quantitative estimate of drug-likeness (QED) is 0.855. The molecule has 4 nitrogen and oxygen atoms in total. The van der Waals surface area contributed by atoms with Gasteiger partial charge in [0.1, 0.15) is 0 Å². The van der Waals surface area contributed by atoms with Crippen LogP contribution >= 0.6 is 11.6 Å². The maximum absolute atomic E-state index is 11.9. The highest BCUT2D eigenvalue weighted by Gasteiger charge is 2.08. The molecule has 0 aliphatic rings. The van der Waals surface area contributed by atoms with E-state index < -0.39 is 0 Å². The van der Waals surface area contributed by atoms with Gasteiger partial charge in [-0.3, -0.25) is 9.59 Å². The van der Waals surface area contributed by atoms with Crippen molar-refractivity contribution in [3.05, 3.63) is 70.2 Å². The summed E-state index contributed by atoms with van der Waals surface area (Å²) in [5, 5.41) is 5.97. The topological polar surface area (TPSA) is 58.2 Å². The van der Waals surface area contributed by atoms with Crippen LogP contribution in [0, 0.1) is 6.92 Å². The Hall–Kier alpha value is -2.33. The smallest absolute Gasteiger partial charge is 0.239 e. The molecular weight excluding hydrogens is 312 g/mol. The Morgan fingerprint density at radius 1 is 0.913 bits per heavy atom. The summed E-state index contributed by atoms with van der Waals surface area (Å²) in [4.78, 5) is 23.7. The van der Waals surface area contributed by atoms with E-state index in [1.54, 1.807) is 6.07 Å². The zero-order chi connectivity index (χ0) is 16.7. The second kappa shape index (κ2) is 8.34. The molecule has 2 amide bonds. The van der Waals surface area contributed by atoms with Crippen LogP contribution in [0.15, 0.2) is 48.5 Å². The van der Waals surface area contributed by atoms with Crippen LogP contribution in [0.1, 0.15) is 16.7 Å². The van der Waals surface area contributed by atoms with Gasteiger partial charge in [0.05, 0.1) is 13.0 Å². The molecular formula is C18H19ClN2O2. The first kappa shape index (κ1) is 17.0. The van der Waals surface area contributed by atoms with Gasteiger partial charge in [0, 0.05) is 11.6 Å². The lowest BCUT2D eigenvalue weighted by atomic mass is 10.1. The Morgan fingerprint density at radius 3 is 2.26 bits per heavy atom. The van der Waals surface area contributed by atoms with Crippen molar-refractivity contribution >= 4 is 23.4 Å². The summed E-state index contributed by atoms with van der Waals surface area (Å²) in [6.07, 6.45) is 0.268. The average Bonchev–Trinajstić information content (AvgIpc) is 2.54. The second-order valence-corrected chi connectivity index (χ2v) is 5.66. The summed E-state index contributed by atoms with van der Waals surface area (Å²) in [5.41, 5.74) is 2.86. The summed E-state index contributed by atoms with van der Waals surface area (Å²) in [5.74, 6) is -0.421. The molecule has 0 atom stereocenters. The highest BCUT2D eigenvalue weighted by atomic mass is 35.5. The molecule has 2 aromatic carbocycles. The van der Waals surface area contributed by atoms with E-state index in [4.69, 9.17) is 11.6 Å². The fourth-order valence-corrected chi connectivity index (χ4v) is 2.32. The van der Waals surface area contributed by atoms with Gasteiger partial charge in [0.2, 0.25) is 11.8 Å². The first-order valence-electron chi connectivity index (χ1n) is 7.37. The van der Waals surface area contributed by atoms with Crippen LogP contribution in [-0.4, -0.2) is 18.4 Å². The summed E-state index contributed by atoms with van der Waals surface area (Å²) < 4.78 is 0. The summed E-state index contributed by atoms with van der Waals surface area (Å²) in [6.45, 7) is 2.25. The van der Waals surface area contributed by atoms with Crippen molar-refractivity contribution in [2.45, 2.75) is 19.9 Å².